The molecule has 0 bridgehead atoms. The van der Waals surface area contributed by atoms with E-state index in [1.807, 2.05) is 0 Å². The van der Waals surface area contributed by atoms with Gasteiger partial charge in [0.25, 0.3) is 0 Å². The topological polar surface area (TPSA) is 64.3 Å². The molecule has 0 amide bonds. The quantitative estimate of drug-likeness (QED) is 0.876. The molecule has 1 saturated heterocycles. The first-order chi connectivity index (χ1) is 11.2. The van der Waals surface area contributed by atoms with Crippen molar-refractivity contribution in [3.8, 4) is 5.88 Å². The van der Waals surface area contributed by atoms with E-state index >= 15 is 0 Å². The first-order valence-electron chi connectivity index (χ1n) is 8.60. The van der Waals surface area contributed by atoms with Crippen LogP contribution < -0.4 is 21.0 Å². The van der Waals surface area contributed by atoms with Gasteiger partial charge < -0.3 is 15.4 Å². The van der Waals surface area contributed by atoms with E-state index in [4.69, 9.17) is 10.5 Å². The summed E-state index contributed by atoms with van der Waals surface area (Å²) in [7, 11) is 2.12. The van der Waals surface area contributed by atoms with Crippen LogP contribution in [0.3, 0.4) is 0 Å². The summed E-state index contributed by atoms with van der Waals surface area (Å²) in [5.74, 6) is 1.56. The Morgan fingerprint density at radius 1 is 1.22 bits per heavy atom. The van der Waals surface area contributed by atoms with Crippen molar-refractivity contribution >= 4 is 17.6 Å². The number of likely N-dealkylation sites (tertiary alicyclic amines) is 1. The van der Waals surface area contributed by atoms with E-state index in [2.05, 4.69) is 40.1 Å². The molecule has 2 N–H and O–H groups in total. The van der Waals surface area contributed by atoms with Gasteiger partial charge in [-0.2, -0.15) is 4.98 Å². The summed E-state index contributed by atoms with van der Waals surface area (Å²) in [6, 6.07) is 0. The Morgan fingerprint density at radius 3 is 2.91 bits per heavy atom. The molecule has 2 atom stereocenters. The third kappa shape index (κ3) is 2.85. The smallest absolute Gasteiger partial charge is 0.226 e. The minimum atomic E-state index is 0.192. The van der Waals surface area contributed by atoms with Crippen LogP contribution in [0.1, 0.15) is 32.1 Å². The van der Waals surface area contributed by atoms with Gasteiger partial charge in [0, 0.05) is 13.1 Å². The number of hydrogen-bond acceptors (Lipinski definition) is 5. The van der Waals surface area contributed by atoms with Gasteiger partial charge in [-0.1, -0.05) is 18.2 Å². The molecule has 0 spiro atoms. The summed E-state index contributed by atoms with van der Waals surface area (Å²) in [6.45, 7) is 2.01. The molecular formula is C18H24N4O. The highest BCUT2D eigenvalue weighted by Gasteiger charge is 2.24. The van der Waals surface area contributed by atoms with E-state index in [0.717, 1.165) is 42.9 Å². The lowest BCUT2D eigenvalue weighted by molar-refractivity contribution is 0.198. The van der Waals surface area contributed by atoms with Gasteiger partial charge in [-0.3, -0.25) is 0 Å². The number of nitrogen functional groups attached to an aromatic ring is 1. The van der Waals surface area contributed by atoms with E-state index in [0.29, 0.717) is 17.7 Å². The number of fused-ring (bicyclic) bond motifs is 2. The standard InChI is InChI=1S/C18H24N4O/c1-22-10-9-13(11-22)23-17-15-8-4-6-12-5-2-3-7-14(12)16(15)20-18(19)21-17/h3,7-8,12-13H,2,4-6,9-11H2,1H3,(H2,19,20)/t12?,13-/m1/s1. The van der Waals surface area contributed by atoms with Crippen molar-refractivity contribution in [3.05, 3.63) is 22.7 Å². The number of allylic oxidation sites excluding steroid dienone is 2. The predicted octanol–water partition coefficient (Wildman–Crippen LogP) is 0.833. The lowest BCUT2D eigenvalue weighted by Crippen LogP contribution is -2.36. The van der Waals surface area contributed by atoms with Crippen LogP contribution in [0.15, 0.2) is 12.2 Å². The minimum Gasteiger partial charge on any atom is -0.472 e. The first kappa shape index (κ1) is 14.7. The molecule has 1 unspecified atom stereocenters. The molecule has 2 aliphatic carbocycles. The molecule has 122 valence electrons. The van der Waals surface area contributed by atoms with Crippen molar-refractivity contribution in [1.82, 2.24) is 14.9 Å². The predicted molar refractivity (Wildman–Crippen MR) is 91.2 cm³/mol. The second-order valence-corrected chi connectivity index (χ2v) is 6.85. The zero-order valence-electron chi connectivity index (χ0n) is 13.7. The summed E-state index contributed by atoms with van der Waals surface area (Å²) in [6.07, 6.45) is 12.5. The fourth-order valence-corrected chi connectivity index (χ4v) is 3.91. The highest BCUT2D eigenvalue weighted by atomic mass is 16.5. The monoisotopic (exact) mass is 312 g/mol. The molecule has 4 rings (SSSR count). The second-order valence-electron chi connectivity index (χ2n) is 6.85. The molecule has 5 nitrogen and oxygen atoms in total. The number of rotatable bonds is 2. The van der Waals surface area contributed by atoms with Crippen LogP contribution in [0.25, 0.3) is 11.6 Å². The lowest BCUT2D eigenvalue weighted by atomic mass is 9.86. The number of nitrogens with two attached hydrogens (primary N) is 1. The number of ether oxygens (including phenoxy) is 1. The Kier molecular flexibility index (Phi) is 3.81. The van der Waals surface area contributed by atoms with Crippen LogP contribution in [0, 0.1) is 5.92 Å². The third-order valence-electron chi connectivity index (χ3n) is 5.11. The first-order valence-corrected chi connectivity index (χ1v) is 8.60. The lowest BCUT2D eigenvalue weighted by Gasteiger charge is -2.19. The molecule has 0 aromatic carbocycles. The molecule has 3 aliphatic rings. The Balaban J connectivity index is 1.83. The summed E-state index contributed by atoms with van der Waals surface area (Å²) in [5, 5.41) is 2.02. The van der Waals surface area contributed by atoms with Crippen molar-refractivity contribution < 1.29 is 4.74 Å². The molecular weight excluding hydrogens is 288 g/mol. The van der Waals surface area contributed by atoms with E-state index in [9.17, 15) is 0 Å². The Labute approximate surface area is 136 Å². The van der Waals surface area contributed by atoms with Crippen molar-refractivity contribution in [3.63, 3.8) is 0 Å². The van der Waals surface area contributed by atoms with Crippen LogP contribution in [0.2, 0.25) is 0 Å². The van der Waals surface area contributed by atoms with Gasteiger partial charge >= 0.3 is 0 Å². The average Bonchev–Trinajstić information content (AvgIpc) is 2.85. The largest absolute Gasteiger partial charge is 0.472 e. The third-order valence-corrected chi connectivity index (χ3v) is 5.11. The summed E-state index contributed by atoms with van der Waals surface area (Å²) in [5.41, 5.74) is 7.30. The molecule has 1 aliphatic heterocycles. The van der Waals surface area contributed by atoms with Crippen molar-refractivity contribution in [1.29, 1.82) is 0 Å². The van der Waals surface area contributed by atoms with E-state index in [1.165, 1.54) is 18.4 Å². The van der Waals surface area contributed by atoms with Crippen LogP contribution in [-0.2, 0) is 0 Å². The maximum atomic E-state index is 6.22. The van der Waals surface area contributed by atoms with Gasteiger partial charge in [-0.15, -0.1) is 0 Å². The Bertz CT molecular complexity index is 755. The van der Waals surface area contributed by atoms with Gasteiger partial charge in [0.2, 0.25) is 11.8 Å². The van der Waals surface area contributed by atoms with E-state index in [1.54, 1.807) is 0 Å². The Hall–Kier alpha value is -1.88. The van der Waals surface area contributed by atoms with Crippen molar-refractivity contribution in [2.24, 2.45) is 5.92 Å². The van der Waals surface area contributed by atoms with Gasteiger partial charge in [0.05, 0.1) is 10.6 Å². The van der Waals surface area contributed by atoms with Crippen molar-refractivity contribution in [2.75, 3.05) is 25.9 Å². The minimum absolute atomic E-state index is 0.192. The molecule has 1 fully saturated rings. The maximum Gasteiger partial charge on any atom is 0.226 e. The zero-order chi connectivity index (χ0) is 15.8. The zero-order valence-corrected chi connectivity index (χ0v) is 13.7. The maximum absolute atomic E-state index is 6.22. The fourth-order valence-electron chi connectivity index (χ4n) is 3.91. The molecule has 0 radical (unpaired) electrons. The van der Waals surface area contributed by atoms with Crippen molar-refractivity contribution in [2.45, 2.75) is 38.2 Å². The number of anilines is 1. The summed E-state index contributed by atoms with van der Waals surface area (Å²) >= 11 is 0. The molecule has 0 saturated carbocycles. The van der Waals surface area contributed by atoms with Crippen LogP contribution in [0.5, 0.6) is 5.88 Å². The molecule has 2 heterocycles. The van der Waals surface area contributed by atoms with Gasteiger partial charge in [-0.05, 0) is 50.6 Å². The SMILES string of the molecule is CN1CC[C@@H](Oc2nc(N)nc3c2=CCCC2CCC=CC=32)C1. The normalized spacial score (nSPS) is 27.1. The fraction of sp³-hybridized carbons (Fsp3) is 0.556. The molecule has 1 aromatic rings. The molecule has 5 heteroatoms. The Morgan fingerprint density at radius 2 is 2.09 bits per heavy atom. The van der Waals surface area contributed by atoms with Crippen LogP contribution in [-0.4, -0.2) is 41.1 Å². The van der Waals surface area contributed by atoms with Crippen LogP contribution in [0.4, 0.5) is 5.95 Å². The van der Waals surface area contributed by atoms with E-state index in [-0.39, 0.29) is 6.10 Å². The molecule has 23 heavy (non-hydrogen) atoms. The van der Waals surface area contributed by atoms with Gasteiger partial charge in [-0.25, -0.2) is 4.98 Å². The number of nitrogens with zero attached hydrogens (tertiary/aromatic N) is 3. The van der Waals surface area contributed by atoms with Crippen LogP contribution >= 0.6 is 0 Å². The highest BCUT2D eigenvalue weighted by Crippen LogP contribution is 2.29. The number of likely N-dealkylation sites (N-methyl/N-ethyl adjacent to an activating group) is 1. The average molecular weight is 312 g/mol. The van der Waals surface area contributed by atoms with Gasteiger partial charge in [0.1, 0.15) is 6.10 Å². The molecule has 1 aromatic heterocycles. The summed E-state index contributed by atoms with van der Waals surface area (Å²) in [4.78, 5) is 11.3. The number of hydrogen-bond donors (Lipinski definition) is 1. The second kappa shape index (κ2) is 5.96. The highest BCUT2D eigenvalue weighted by molar-refractivity contribution is 5.61. The van der Waals surface area contributed by atoms with Gasteiger partial charge in [0.15, 0.2) is 0 Å². The number of aromatic nitrogens is 2. The van der Waals surface area contributed by atoms with E-state index < -0.39 is 0 Å². The summed E-state index contributed by atoms with van der Waals surface area (Å²) < 4.78 is 6.22.